The minimum Gasteiger partial charge on any atom is -0.366 e. The third-order valence-corrected chi connectivity index (χ3v) is 6.72. The molecule has 0 saturated carbocycles. The molecule has 1 atom stereocenters. The van der Waals surface area contributed by atoms with Gasteiger partial charge < -0.3 is 15.2 Å². The molecule has 0 spiro atoms. The van der Waals surface area contributed by atoms with Gasteiger partial charge in [-0.3, -0.25) is 9.59 Å². The van der Waals surface area contributed by atoms with Crippen molar-refractivity contribution >= 4 is 51.4 Å². The van der Waals surface area contributed by atoms with E-state index in [2.05, 4.69) is 10.3 Å². The maximum Gasteiger partial charge on any atom is 0.272 e. The Morgan fingerprint density at radius 3 is 2.47 bits per heavy atom. The van der Waals surface area contributed by atoms with Crippen LogP contribution in [0.25, 0.3) is 22.0 Å². The SMILES string of the molecule is O=C(Nc1ccc(Cl)cc1)C1CCCN(c2c(-c3ccccc3)c3cc(Cl)ccc3[nH]c2=O)C1. The molecular formula is C27H23Cl2N3O2. The zero-order valence-electron chi connectivity index (χ0n) is 18.4. The van der Waals surface area contributed by atoms with E-state index in [1.807, 2.05) is 47.4 Å². The van der Waals surface area contributed by atoms with Crippen LogP contribution in [0.5, 0.6) is 0 Å². The molecule has 2 heterocycles. The molecule has 1 fully saturated rings. The van der Waals surface area contributed by atoms with Crippen molar-refractivity contribution in [2.75, 3.05) is 23.3 Å². The predicted molar refractivity (Wildman–Crippen MR) is 140 cm³/mol. The van der Waals surface area contributed by atoms with Gasteiger partial charge in [-0.25, -0.2) is 0 Å². The van der Waals surface area contributed by atoms with Gasteiger partial charge in [0.05, 0.1) is 5.92 Å². The minimum absolute atomic E-state index is 0.0615. The molecule has 1 aliphatic rings. The first-order valence-electron chi connectivity index (χ1n) is 11.2. The fourth-order valence-electron chi connectivity index (χ4n) is 4.63. The van der Waals surface area contributed by atoms with Crippen LogP contribution >= 0.6 is 23.2 Å². The summed E-state index contributed by atoms with van der Waals surface area (Å²) in [6.07, 6.45) is 1.56. The maximum absolute atomic E-state index is 13.4. The van der Waals surface area contributed by atoms with Gasteiger partial charge in [-0.15, -0.1) is 0 Å². The number of nitrogens with one attached hydrogen (secondary N) is 2. The van der Waals surface area contributed by atoms with Crippen LogP contribution in [0.2, 0.25) is 10.0 Å². The monoisotopic (exact) mass is 491 g/mol. The summed E-state index contributed by atoms with van der Waals surface area (Å²) in [6, 6.07) is 22.4. The molecule has 1 aliphatic heterocycles. The summed E-state index contributed by atoms with van der Waals surface area (Å²) in [5.74, 6) is -0.309. The van der Waals surface area contributed by atoms with Crippen LogP contribution in [0, 0.1) is 5.92 Å². The topological polar surface area (TPSA) is 65.2 Å². The molecule has 0 bridgehead atoms. The highest BCUT2D eigenvalue weighted by atomic mass is 35.5. The fourth-order valence-corrected chi connectivity index (χ4v) is 4.92. The van der Waals surface area contributed by atoms with Crippen molar-refractivity contribution in [3.63, 3.8) is 0 Å². The average molecular weight is 492 g/mol. The van der Waals surface area contributed by atoms with E-state index in [-0.39, 0.29) is 17.4 Å². The van der Waals surface area contributed by atoms with Gasteiger partial charge in [-0.1, -0.05) is 53.5 Å². The first-order valence-corrected chi connectivity index (χ1v) is 12.0. The molecule has 5 rings (SSSR count). The number of aromatic amines is 1. The number of amides is 1. The summed E-state index contributed by atoms with van der Waals surface area (Å²) in [5.41, 5.74) is 3.60. The molecule has 1 aromatic heterocycles. The second kappa shape index (κ2) is 9.53. The molecule has 7 heteroatoms. The number of carbonyl (C=O) groups excluding carboxylic acids is 1. The Morgan fingerprint density at radius 2 is 1.71 bits per heavy atom. The number of hydrogen-bond acceptors (Lipinski definition) is 3. The average Bonchev–Trinajstić information content (AvgIpc) is 2.85. The van der Waals surface area contributed by atoms with Crippen molar-refractivity contribution < 1.29 is 4.79 Å². The Kier molecular flexibility index (Phi) is 6.31. The van der Waals surface area contributed by atoms with Gasteiger partial charge in [-0.2, -0.15) is 0 Å². The van der Waals surface area contributed by atoms with Crippen LogP contribution in [0.3, 0.4) is 0 Å². The summed E-state index contributed by atoms with van der Waals surface area (Å²) < 4.78 is 0. The standard InChI is InChI=1S/C27H23Cl2N3O2/c28-19-8-11-21(12-9-19)30-26(33)18-7-4-14-32(16-18)25-24(17-5-2-1-3-6-17)22-15-20(29)10-13-23(22)31-27(25)34/h1-3,5-6,8-13,15,18H,4,7,14,16H2,(H,30,33)(H,31,34). The van der Waals surface area contributed by atoms with Gasteiger partial charge in [0.2, 0.25) is 5.91 Å². The van der Waals surface area contributed by atoms with E-state index in [1.54, 1.807) is 30.3 Å². The number of aromatic nitrogens is 1. The van der Waals surface area contributed by atoms with Crippen molar-refractivity contribution in [3.8, 4) is 11.1 Å². The lowest BCUT2D eigenvalue weighted by atomic mass is 9.93. The Hall–Kier alpha value is -3.28. The third kappa shape index (κ3) is 4.54. The number of nitrogens with zero attached hydrogens (tertiary/aromatic N) is 1. The first kappa shape index (κ1) is 22.5. The van der Waals surface area contributed by atoms with Crippen LogP contribution in [-0.4, -0.2) is 24.0 Å². The van der Waals surface area contributed by atoms with Crippen molar-refractivity contribution in [1.82, 2.24) is 4.98 Å². The van der Waals surface area contributed by atoms with Crippen molar-refractivity contribution in [1.29, 1.82) is 0 Å². The largest absolute Gasteiger partial charge is 0.366 e. The smallest absolute Gasteiger partial charge is 0.272 e. The van der Waals surface area contributed by atoms with Crippen molar-refractivity contribution in [2.45, 2.75) is 12.8 Å². The van der Waals surface area contributed by atoms with Gasteiger partial charge in [0.15, 0.2) is 0 Å². The molecule has 4 aromatic rings. The van der Waals surface area contributed by atoms with Gasteiger partial charge in [0.1, 0.15) is 5.69 Å². The molecule has 2 N–H and O–H groups in total. The molecule has 34 heavy (non-hydrogen) atoms. The Labute approximate surface area is 207 Å². The number of hydrogen-bond donors (Lipinski definition) is 2. The molecule has 3 aromatic carbocycles. The summed E-state index contributed by atoms with van der Waals surface area (Å²) in [4.78, 5) is 31.5. The van der Waals surface area contributed by atoms with E-state index in [1.165, 1.54) is 0 Å². The van der Waals surface area contributed by atoms with E-state index in [0.717, 1.165) is 34.9 Å². The number of carbonyl (C=O) groups is 1. The number of H-pyrrole nitrogens is 1. The van der Waals surface area contributed by atoms with Crippen LogP contribution in [0.4, 0.5) is 11.4 Å². The Balaban J connectivity index is 1.53. The van der Waals surface area contributed by atoms with Crippen LogP contribution in [0.15, 0.2) is 77.6 Å². The Morgan fingerprint density at radius 1 is 0.971 bits per heavy atom. The zero-order valence-corrected chi connectivity index (χ0v) is 19.9. The molecule has 1 unspecified atom stereocenters. The number of anilines is 2. The van der Waals surface area contributed by atoms with Crippen LogP contribution in [-0.2, 0) is 4.79 Å². The van der Waals surface area contributed by atoms with Gasteiger partial charge in [0.25, 0.3) is 5.56 Å². The highest BCUT2D eigenvalue weighted by Crippen LogP contribution is 2.37. The van der Waals surface area contributed by atoms with E-state index in [4.69, 9.17) is 23.2 Å². The molecule has 1 amide bonds. The van der Waals surface area contributed by atoms with E-state index < -0.39 is 0 Å². The lowest BCUT2D eigenvalue weighted by Crippen LogP contribution is -2.43. The van der Waals surface area contributed by atoms with Crippen LogP contribution < -0.4 is 15.8 Å². The third-order valence-electron chi connectivity index (χ3n) is 6.23. The number of piperidine rings is 1. The minimum atomic E-state index is -0.248. The van der Waals surface area contributed by atoms with E-state index in [0.29, 0.717) is 34.5 Å². The van der Waals surface area contributed by atoms with Crippen molar-refractivity contribution in [2.24, 2.45) is 5.92 Å². The lowest BCUT2D eigenvalue weighted by Gasteiger charge is -2.34. The van der Waals surface area contributed by atoms with Crippen LogP contribution in [0.1, 0.15) is 12.8 Å². The Bertz CT molecular complexity index is 1400. The molecule has 172 valence electrons. The lowest BCUT2D eigenvalue weighted by molar-refractivity contribution is -0.120. The number of benzene rings is 3. The summed E-state index contributed by atoms with van der Waals surface area (Å²) in [6.45, 7) is 1.15. The van der Waals surface area contributed by atoms with Gasteiger partial charge >= 0.3 is 0 Å². The molecule has 0 radical (unpaired) electrons. The second-order valence-electron chi connectivity index (χ2n) is 8.51. The van der Waals surface area contributed by atoms with E-state index >= 15 is 0 Å². The van der Waals surface area contributed by atoms with E-state index in [9.17, 15) is 9.59 Å². The summed E-state index contributed by atoms with van der Waals surface area (Å²) >= 11 is 12.3. The highest BCUT2D eigenvalue weighted by molar-refractivity contribution is 6.31. The predicted octanol–water partition coefficient (Wildman–Crippen LogP) is 6.36. The number of fused-ring (bicyclic) bond motifs is 1. The quantitative estimate of drug-likeness (QED) is 0.349. The second-order valence-corrected chi connectivity index (χ2v) is 9.39. The van der Waals surface area contributed by atoms with Gasteiger partial charge in [-0.05, 0) is 60.9 Å². The zero-order chi connectivity index (χ0) is 23.7. The number of rotatable bonds is 4. The number of halogens is 2. The fraction of sp³-hybridized carbons (Fsp3) is 0.185. The van der Waals surface area contributed by atoms with Crippen molar-refractivity contribution in [3.05, 3.63) is 93.2 Å². The summed E-state index contributed by atoms with van der Waals surface area (Å²) in [7, 11) is 0. The number of pyridine rings is 1. The molecule has 0 aliphatic carbocycles. The first-order chi connectivity index (χ1) is 16.5. The molecule has 5 nitrogen and oxygen atoms in total. The molecular weight excluding hydrogens is 469 g/mol. The normalized spacial score (nSPS) is 15.9. The summed E-state index contributed by atoms with van der Waals surface area (Å²) in [5, 5.41) is 5.07. The highest BCUT2D eigenvalue weighted by Gasteiger charge is 2.29. The maximum atomic E-state index is 13.4. The molecule has 1 saturated heterocycles. The van der Waals surface area contributed by atoms with Gasteiger partial charge in [0, 0.05) is 45.3 Å².